The standard InChI is InChI=1S/C24H34/c1-4-21(3)24(18-22-12-10-20(2)11-13-22)17-16-23(19-24)14-8-6-5-7-9-15-23/h10-13H,1,5-9,14-19H2,2-3H3. The van der Waals surface area contributed by atoms with E-state index in [1.807, 2.05) is 0 Å². The van der Waals surface area contributed by atoms with Crippen molar-refractivity contribution in [3.8, 4) is 0 Å². The van der Waals surface area contributed by atoms with Crippen molar-refractivity contribution >= 4 is 0 Å². The summed E-state index contributed by atoms with van der Waals surface area (Å²) >= 11 is 0. The van der Waals surface area contributed by atoms with Crippen LogP contribution in [-0.4, -0.2) is 0 Å². The van der Waals surface area contributed by atoms with E-state index in [2.05, 4.69) is 50.4 Å². The van der Waals surface area contributed by atoms with Gasteiger partial charge in [0, 0.05) is 5.41 Å². The number of rotatable bonds is 3. The fraction of sp³-hybridized carbons (Fsp3) is 0.625. The van der Waals surface area contributed by atoms with Crippen molar-refractivity contribution in [3.63, 3.8) is 0 Å². The fourth-order valence-corrected chi connectivity index (χ4v) is 5.37. The zero-order valence-electron chi connectivity index (χ0n) is 15.8. The Labute approximate surface area is 149 Å². The number of allylic oxidation sites excluding steroid dienone is 1. The minimum absolute atomic E-state index is 0.302. The van der Waals surface area contributed by atoms with E-state index >= 15 is 0 Å². The predicted octanol–water partition coefficient (Wildman–Crippen LogP) is 7.17. The first-order valence-corrected chi connectivity index (χ1v) is 10.0. The van der Waals surface area contributed by atoms with Crippen LogP contribution in [0.1, 0.15) is 82.3 Å². The van der Waals surface area contributed by atoms with Crippen LogP contribution in [0.2, 0.25) is 0 Å². The highest BCUT2D eigenvalue weighted by atomic mass is 14.5. The normalized spacial score (nSPS) is 26.6. The molecule has 0 N–H and O–H groups in total. The monoisotopic (exact) mass is 322 g/mol. The quantitative estimate of drug-likeness (QED) is 0.517. The largest absolute Gasteiger partial charge is 0.129 e. The highest BCUT2D eigenvalue weighted by Gasteiger charge is 2.48. The Bertz CT molecular complexity index is 591. The molecule has 0 radical (unpaired) electrons. The molecular weight excluding hydrogens is 288 g/mol. The molecule has 0 aromatic heterocycles. The molecule has 1 aromatic carbocycles. The van der Waals surface area contributed by atoms with Crippen LogP contribution in [0.3, 0.4) is 0 Å². The molecule has 2 aliphatic rings. The van der Waals surface area contributed by atoms with Gasteiger partial charge in [0.2, 0.25) is 0 Å². The van der Waals surface area contributed by atoms with Crippen molar-refractivity contribution in [1.82, 2.24) is 0 Å². The summed E-state index contributed by atoms with van der Waals surface area (Å²) in [4.78, 5) is 0. The van der Waals surface area contributed by atoms with E-state index in [0.29, 0.717) is 10.8 Å². The number of aryl methyl sites for hydroxylation is 1. The summed E-state index contributed by atoms with van der Waals surface area (Å²) in [5.74, 6) is 0. The minimum atomic E-state index is 0.302. The third-order valence-electron chi connectivity index (χ3n) is 6.99. The molecule has 0 heterocycles. The molecule has 0 saturated heterocycles. The van der Waals surface area contributed by atoms with Gasteiger partial charge in [0.05, 0.1) is 0 Å². The van der Waals surface area contributed by atoms with Crippen LogP contribution in [0, 0.1) is 17.8 Å². The summed E-state index contributed by atoms with van der Waals surface area (Å²) in [6.07, 6.45) is 15.4. The molecule has 0 heteroatoms. The summed E-state index contributed by atoms with van der Waals surface area (Å²) in [5.41, 5.74) is 8.44. The van der Waals surface area contributed by atoms with Crippen molar-refractivity contribution in [1.29, 1.82) is 0 Å². The van der Waals surface area contributed by atoms with Gasteiger partial charge >= 0.3 is 0 Å². The SMILES string of the molecule is C=C=C(C)C1(Cc2ccc(C)cc2)CCC2(CCCCCCC2)C1. The predicted molar refractivity (Wildman–Crippen MR) is 104 cm³/mol. The average Bonchev–Trinajstić information content (AvgIpc) is 2.94. The van der Waals surface area contributed by atoms with Crippen LogP contribution in [0.25, 0.3) is 0 Å². The summed E-state index contributed by atoms with van der Waals surface area (Å²) in [7, 11) is 0. The molecular formula is C24H34. The first kappa shape index (κ1) is 17.6. The third-order valence-corrected chi connectivity index (χ3v) is 6.99. The summed E-state index contributed by atoms with van der Waals surface area (Å²) in [5, 5.41) is 0. The van der Waals surface area contributed by atoms with Crippen LogP contribution < -0.4 is 0 Å². The second kappa shape index (κ2) is 7.32. The first-order chi connectivity index (χ1) is 11.6. The van der Waals surface area contributed by atoms with Gasteiger partial charge in [0.25, 0.3) is 0 Å². The Morgan fingerprint density at radius 3 is 2.21 bits per heavy atom. The third kappa shape index (κ3) is 3.70. The van der Waals surface area contributed by atoms with Crippen molar-refractivity contribution in [2.24, 2.45) is 10.8 Å². The molecule has 3 rings (SSSR count). The molecule has 130 valence electrons. The summed E-state index contributed by atoms with van der Waals surface area (Å²) < 4.78 is 0. The van der Waals surface area contributed by atoms with Crippen molar-refractivity contribution in [2.45, 2.75) is 84.5 Å². The molecule has 24 heavy (non-hydrogen) atoms. The molecule has 2 saturated carbocycles. The lowest BCUT2D eigenvalue weighted by atomic mass is 9.68. The van der Waals surface area contributed by atoms with Gasteiger partial charge in [-0.3, -0.25) is 0 Å². The molecule has 1 aromatic rings. The molecule has 0 bridgehead atoms. The van der Waals surface area contributed by atoms with Gasteiger partial charge < -0.3 is 0 Å². The molecule has 2 fully saturated rings. The van der Waals surface area contributed by atoms with E-state index < -0.39 is 0 Å². The lowest BCUT2D eigenvalue weighted by Crippen LogP contribution is -2.26. The lowest BCUT2D eigenvalue weighted by molar-refractivity contribution is 0.191. The van der Waals surface area contributed by atoms with Gasteiger partial charge in [-0.25, -0.2) is 0 Å². The second-order valence-corrected chi connectivity index (χ2v) is 8.69. The van der Waals surface area contributed by atoms with Crippen LogP contribution in [-0.2, 0) is 6.42 Å². The Hall–Kier alpha value is -1.26. The number of benzene rings is 1. The van der Waals surface area contributed by atoms with Crippen LogP contribution in [0.4, 0.5) is 0 Å². The van der Waals surface area contributed by atoms with Crippen molar-refractivity contribution < 1.29 is 0 Å². The Morgan fingerprint density at radius 1 is 0.958 bits per heavy atom. The second-order valence-electron chi connectivity index (χ2n) is 8.69. The average molecular weight is 323 g/mol. The summed E-state index contributed by atoms with van der Waals surface area (Å²) in [6, 6.07) is 9.18. The first-order valence-electron chi connectivity index (χ1n) is 10.0. The highest BCUT2D eigenvalue weighted by molar-refractivity contribution is 5.27. The Balaban J connectivity index is 1.84. The van der Waals surface area contributed by atoms with E-state index in [4.69, 9.17) is 0 Å². The van der Waals surface area contributed by atoms with Gasteiger partial charge in [-0.2, -0.15) is 0 Å². The minimum Gasteiger partial charge on any atom is -0.129 e. The molecule has 0 aliphatic heterocycles. The van der Waals surface area contributed by atoms with Gasteiger partial charge in [0.15, 0.2) is 0 Å². The topological polar surface area (TPSA) is 0 Å². The van der Waals surface area contributed by atoms with Crippen LogP contribution in [0.15, 0.2) is 42.1 Å². The fourth-order valence-electron chi connectivity index (χ4n) is 5.37. The van der Waals surface area contributed by atoms with E-state index in [0.717, 1.165) is 0 Å². The van der Waals surface area contributed by atoms with Crippen molar-refractivity contribution in [3.05, 3.63) is 53.3 Å². The molecule has 1 unspecified atom stereocenters. The number of hydrogen-bond donors (Lipinski definition) is 0. The zero-order chi connectivity index (χ0) is 17.0. The van der Waals surface area contributed by atoms with E-state index in [9.17, 15) is 0 Å². The lowest BCUT2D eigenvalue weighted by Gasteiger charge is -2.36. The van der Waals surface area contributed by atoms with Gasteiger partial charge in [0.1, 0.15) is 0 Å². The van der Waals surface area contributed by atoms with Gasteiger partial charge in [-0.15, -0.1) is 5.73 Å². The van der Waals surface area contributed by atoms with Crippen LogP contribution in [0.5, 0.6) is 0 Å². The maximum Gasteiger partial charge on any atom is 0.00305 e. The van der Waals surface area contributed by atoms with Gasteiger partial charge in [-0.1, -0.05) is 68.5 Å². The molecule has 1 spiro atoms. The molecule has 0 nitrogen and oxygen atoms in total. The number of hydrogen-bond acceptors (Lipinski definition) is 0. The molecule has 0 amide bonds. The van der Waals surface area contributed by atoms with E-state index in [1.165, 1.54) is 87.3 Å². The molecule has 1 atom stereocenters. The zero-order valence-corrected chi connectivity index (χ0v) is 15.8. The maximum absolute atomic E-state index is 4.01. The van der Waals surface area contributed by atoms with E-state index in [1.54, 1.807) is 0 Å². The van der Waals surface area contributed by atoms with Gasteiger partial charge in [-0.05, 0) is 68.9 Å². The Morgan fingerprint density at radius 2 is 1.58 bits per heavy atom. The highest BCUT2D eigenvalue weighted by Crippen LogP contribution is 2.59. The van der Waals surface area contributed by atoms with Crippen molar-refractivity contribution in [2.75, 3.05) is 0 Å². The summed E-state index contributed by atoms with van der Waals surface area (Å²) in [6.45, 7) is 8.47. The maximum atomic E-state index is 4.01. The Kier molecular flexibility index (Phi) is 5.36. The smallest absolute Gasteiger partial charge is 0.00305 e. The van der Waals surface area contributed by atoms with E-state index in [-0.39, 0.29) is 0 Å². The van der Waals surface area contributed by atoms with Crippen LogP contribution >= 0.6 is 0 Å². The molecule has 2 aliphatic carbocycles.